The third kappa shape index (κ3) is 2.63. The lowest BCUT2D eigenvalue weighted by atomic mass is 9.68. The van der Waals surface area contributed by atoms with Gasteiger partial charge in [-0.05, 0) is 37.5 Å². The molecule has 100 valence electrons. The summed E-state index contributed by atoms with van der Waals surface area (Å²) >= 11 is 3.43. The van der Waals surface area contributed by atoms with E-state index in [1.165, 1.54) is 18.4 Å². The Bertz CT molecular complexity index is 393. The van der Waals surface area contributed by atoms with Gasteiger partial charge in [0.25, 0.3) is 0 Å². The Morgan fingerprint density at radius 3 is 2.33 bits per heavy atom. The second-order valence-corrected chi connectivity index (χ2v) is 6.68. The van der Waals surface area contributed by atoms with Crippen LogP contribution in [0.2, 0.25) is 0 Å². The second-order valence-electron chi connectivity index (χ2n) is 5.77. The summed E-state index contributed by atoms with van der Waals surface area (Å²) in [4.78, 5) is 0. The van der Waals surface area contributed by atoms with Gasteiger partial charge in [-0.1, -0.05) is 40.9 Å². The summed E-state index contributed by atoms with van der Waals surface area (Å²) in [5.41, 5.74) is 6.32. The highest BCUT2D eigenvalue weighted by molar-refractivity contribution is 9.10. The summed E-state index contributed by atoms with van der Waals surface area (Å²) in [6.07, 6.45) is 5.15. The predicted octanol–water partition coefficient (Wildman–Crippen LogP) is 3.26. The SMILES string of the molecule is CC(O)(Cc1ccc(Br)cc1)C1(CN)CCCC1. The highest BCUT2D eigenvalue weighted by Crippen LogP contribution is 2.47. The minimum Gasteiger partial charge on any atom is -0.389 e. The lowest BCUT2D eigenvalue weighted by Gasteiger charge is -2.42. The number of aliphatic hydroxyl groups is 1. The number of hydrogen-bond donors (Lipinski definition) is 2. The van der Waals surface area contributed by atoms with Crippen LogP contribution in [0.3, 0.4) is 0 Å². The molecule has 0 saturated heterocycles. The lowest BCUT2D eigenvalue weighted by molar-refractivity contribution is -0.0625. The Morgan fingerprint density at radius 2 is 1.83 bits per heavy atom. The van der Waals surface area contributed by atoms with Gasteiger partial charge in [-0.15, -0.1) is 0 Å². The Morgan fingerprint density at radius 1 is 1.28 bits per heavy atom. The quantitative estimate of drug-likeness (QED) is 0.896. The fourth-order valence-electron chi connectivity index (χ4n) is 3.20. The van der Waals surface area contributed by atoms with E-state index in [1.54, 1.807) is 0 Å². The maximum absolute atomic E-state index is 10.9. The fraction of sp³-hybridized carbons (Fsp3) is 0.600. The van der Waals surface area contributed by atoms with E-state index in [0.717, 1.165) is 17.3 Å². The van der Waals surface area contributed by atoms with E-state index in [2.05, 4.69) is 28.1 Å². The number of halogens is 1. The largest absolute Gasteiger partial charge is 0.389 e. The summed E-state index contributed by atoms with van der Waals surface area (Å²) < 4.78 is 1.07. The number of rotatable bonds is 4. The van der Waals surface area contributed by atoms with Crippen molar-refractivity contribution in [3.8, 4) is 0 Å². The van der Waals surface area contributed by atoms with Crippen LogP contribution in [0.4, 0.5) is 0 Å². The zero-order valence-electron chi connectivity index (χ0n) is 11.0. The topological polar surface area (TPSA) is 46.2 Å². The molecule has 3 heteroatoms. The van der Waals surface area contributed by atoms with E-state index in [-0.39, 0.29) is 5.41 Å². The molecule has 0 heterocycles. The molecule has 0 spiro atoms. The second kappa shape index (κ2) is 5.32. The Hall–Kier alpha value is -0.380. The molecule has 1 atom stereocenters. The van der Waals surface area contributed by atoms with Crippen molar-refractivity contribution in [3.05, 3.63) is 34.3 Å². The molecular weight excluding hydrogens is 290 g/mol. The van der Waals surface area contributed by atoms with Crippen molar-refractivity contribution in [2.75, 3.05) is 6.54 Å². The average molecular weight is 312 g/mol. The maximum atomic E-state index is 10.9. The van der Waals surface area contributed by atoms with Crippen molar-refractivity contribution >= 4 is 15.9 Å². The molecule has 0 bridgehead atoms. The minimum atomic E-state index is -0.716. The first-order chi connectivity index (χ1) is 8.49. The summed E-state index contributed by atoms with van der Waals surface area (Å²) in [6.45, 7) is 2.53. The first-order valence-electron chi connectivity index (χ1n) is 6.66. The van der Waals surface area contributed by atoms with E-state index >= 15 is 0 Å². The molecule has 18 heavy (non-hydrogen) atoms. The first kappa shape index (κ1) is 14.0. The lowest BCUT2D eigenvalue weighted by Crippen LogP contribution is -2.50. The van der Waals surface area contributed by atoms with Crippen LogP contribution in [0.1, 0.15) is 38.2 Å². The normalized spacial score (nSPS) is 21.8. The van der Waals surface area contributed by atoms with Crippen LogP contribution in [-0.4, -0.2) is 17.3 Å². The molecule has 1 unspecified atom stereocenters. The van der Waals surface area contributed by atoms with E-state index in [9.17, 15) is 5.11 Å². The van der Waals surface area contributed by atoms with Crippen LogP contribution in [0.5, 0.6) is 0 Å². The van der Waals surface area contributed by atoms with E-state index in [1.807, 2.05) is 19.1 Å². The fourth-order valence-corrected chi connectivity index (χ4v) is 3.47. The molecule has 0 aromatic heterocycles. The molecule has 0 amide bonds. The van der Waals surface area contributed by atoms with Crippen molar-refractivity contribution in [2.45, 2.75) is 44.6 Å². The van der Waals surface area contributed by atoms with E-state index in [4.69, 9.17) is 5.73 Å². The van der Waals surface area contributed by atoms with Gasteiger partial charge in [0.05, 0.1) is 5.60 Å². The molecule has 3 N–H and O–H groups in total. The molecule has 1 aliphatic rings. The summed E-state index contributed by atoms with van der Waals surface area (Å²) in [5, 5.41) is 10.9. The van der Waals surface area contributed by atoms with Gasteiger partial charge in [0, 0.05) is 22.9 Å². The Labute approximate surface area is 118 Å². The molecule has 0 aliphatic heterocycles. The standard InChI is InChI=1S/C15H22BrNO/c1-14(18,15(11-17)8-2-3-9-15)10-12-4-6-13(16)7-5-12/h4-7,18H,2-3,8-11,17H2,1H3. The van der Waals surface area contributed by atoms with Crippen LogP contribution in [0.15, 0.2) is 28.7 Å². The average Bonchev–Trinajstić information content (AvgIpc) is 2.82. The summed E-state index contributed by atoms with van der Waals surface area (Å²) in [5.74, 6) is 0. The molecular formula is C15H22BrNO. The van der Waals surface area contributed by atoms with Gasteiger partial charge < -0.3 is 10.8 Å². The zero-order chi connectivity index (χ0) is 13.2. The zero-order valence-corrected chi connectivity index (χ0v) is 12.5. The van der Waals surface area contributed by atoms with Crippen LogP contribution in [-0.2, 0) is 6.42 Å². The monoisotopic (exact) mass is 311 g/mol. The predicted molar refractivity (Wildman–Crippen MR) is 78.4 cm³/mol. The van der Waals surface area contributed by atoms with Crippen molar-refractivity contribution in [1.29, 1.82) is 0 Å². The highest BCUT2D eigenvalue weighted by Gasteiger charge is 2.47. The molecule has 1 aromatic carbocycles. The molecule has 1 fully saturated rings. The smallest absolute Gasteiger partial charge is 0.0727 e. The molecule has 1 saturated carbocycles. The Kier molecular flexibility index (Phi) is 4.15. The number of hydrogen-bond acceptors (Lipinski definition) is 2. The molecule has 0 radical (unpaired) electrons. The van der Waals surface area contributed by atoms with Gasteiger partial charge in [0.15, 0.2) is 0 Å². The highest BCUT2D eigenvalue weighted by atomic mass is 79.9. The van der Waals surface area contributed by atoms with Gasteiger partial charge in [0.1, 0.15) is 0 Å². The van der Waals surface area contributed by atoms with Crippen molar-refractivity contribution in [3.63, 3.8) is 0 Å². The molecule has 2 rings (SSSR count). The molecule has 2 nitrogen and oxygen atoms in total. The number of nitrogens with two attached hydrogens (primary N) is 1. The van der Waals surface area contributed by atoms with Crippen molar-refractivity contribution in [2.24, 2.45) is 11.1 Å². The van der Waals surface area contributed by atoms with Gasteiger partial charge in [-0.3, -0.25) is 0 Å². The van der Waals surface area contributed by atoms with Crippen molar-refractivity contribution in [1.82, 2.24) is 0 Å². The van der Waals surface area contributed by atoms with Crippen LogP contribution >= 0.6 is 15.9 Å². The minimum absolute atomic E-state index is 0.0971. The van der Waals surface area contributed by atoms with E-state index in [0.29, 0.717) is 13.0 Å². The summed E-state index contributed by atoms with van der Waals surface area (Å²) in [6, 6.07) is 8.18. The molecule has 1 aliphatic carbocycles. The number of benzene rings is 1. The third-order valence-corrected chi connectivity index (χ3v) is 5.08. The van der Waals surface area contributed by atoms with E-state index < -0.39 is 5.60 Å². The Balaban J connectivity index is 2.17. The maximum Gasteiger partial charge on any atom is 0.0727 e. The van der Waals surface area contributed by atoms with Crippen LogP contribution < -0.4 is 5.73 Å². The van der Waals surface area contributed by atoms with Crippen molar-refractivity contribution < 1.29 is 5.11 Å². The third-order valence-electron chi connectivity index (χ3n) is 4.56. The first-order valence-corrected chi connectivity index (χ1v) is 7.45. The van der Waals surface area contributed by atoms with Crippen LogP contribution in [0, 0.1) is 5.41 Å². The van der Waals surface area contributed by atoms with Gasteiger partial charge in [-0.25, -0.2) is 0 Å². The molecule has 1 aromatic rings. The summed E-state index contributed by atoms with van der Waals surface area (Å²) in [7, 11) is 0. The van der Waals surface area contributed by atoms with Gasteiger partial charge >= 0.3 is 0 Å². The van der Waals surface area contributed by atoms with Gasteiger partial charge in [0.2, 0.25) is 0 Å². The van der Waals surface area contributed by atoms with Gasteiger partial charge in [-0.2, -0.15) is 0 Å². The van der Waals surface area contributed by atoms with Crippen LogP contribution in [0.25, 0.3) is 0 Å².